The summed E-state index contributed by atoms with van der Waals surface area (Å²) >= 11 is 0. The van der Waals surface area contributed by atoms with E-state index in [0.29, 0.717) is 11.1 Å². The zero-order valence-electron chi connectivity index (χ0n) is 13.7. The number of nitrogens with one attached hydrogen (secondary N) is 1. The third-order valence-corrected chi connectivity index (χ3v) is 5.15. The van der Waals surface area contributed by atoms with Crippen molar-refractivity contribution in [1.29, 1.82) is 0 Å². The van der Waals surface area contributed by atoms with E-state index in [1.165, 1.54) is 17.4 Å². The van der Waals surface area contributed by atoms with Crippen LogP contribution in [0.4, 0.5) is 0 Å². The maximum atomic E-state index is 12.6. The second kappa shape index (κ2) is 6.77. The highest BCUT2D eigenvalue weighted by Crippen LogP contribution is 2.29. The molecule has 5 heteroatoms. The molecule has 0 unspecified atom stereocenters. The molecular formula is C19H21NO3S. The first-order valence-electron chi connectivity index (χ1n) is 8.08. The first-order valence-corrected chi connectivity index (χ1v) is 10.1. The molecule has 1 aliphatic carbocycles. The highest BCUT2D eigenvalue weighted by atomic mass is 32.2. The van der Waals surface area contributed by atoms with Gasteiger partial charge in [0.15, 0.2) is 9.84 Å². The molecule has 1 N–H and O–H groups in total. The SMILES string of the molecule is CS(=O)(=O)Cc1cccc(C(=O)N[C@H]2CCCc3ccccc32)c1. The normalized spacial score (nSPS) is 17.1. The third kappa shape index (κ3) is 4.03. The Bertz CT molecular complexity index is 858. The van der Waals surface area contributed by atoms with Crippen molar-refractivity contribution in [1.82, 2.24) is 5.32 Å². The Kier molecular flexibility index (Phi) is 4.71. The van der Waals surface area contributed by atoms with E-state index in [2.05, 4.69) is 17.4 Å². The van der Waals surface area contributed by atoms with Crippen molar-refractivity contribution >= 4 is 15.7 Å². The lowest BCUT2D eigenvalue weighted by Gasteiger charge is -2.26. The van der Waals surface area contributed by atoms with E-state index in [9.17, 15) is 13.2 Å². The third-order valence-electron chi connectivity index (χ3n) is 4.29. The predicted molar refractivity (Wildman–Crippen MR) is 94.6 cm³/mol. The zero-order valence-corrected chi connectivity index (χ0v) is 14.5. The quantitative estimate of drug-likeness (QED) is 0.928. The summed E-state index contributed by atoms with van der Waals surface area (Å²) in [5.74, 6) is -0.215. The smallest absolute Gasteiger partial charge is 0.251 e. The second-order valence-corrected chi connectivity index (χ2v) is 8.53. The van der Waals surface area contributed by atoms with Gasteiger partial charge in [-0.05, 0) is 48.1 Å². The van der Waals surface area contributed by atoms with Crippen molar-refractivity contribution in [2.75, 3.05) is 6.26 Å². The summed E-state index contributed by atoms with van der Waals surface area (Å²) in [4.78, 5) is 12.6. The van der Waals surface area contributed by atoms with E-state index in [1.807, 2.05) is 12.1 Å². The molecule has 1 aliphatic rings. The fourth-order valence-electron chi connectivity index (χ4n) is 3.25. The highest BCUT2D eigenvalue weighted by molar-refractivity contribution is 7.89. The molecule has 0 aliphatic heterocycles. The molecule has 2 aromatic carbocycles. The average molecular weight is 343 g/mol. The molecule has 0 fully saturated rings. The molecule has 0 heterocycles. The molecular weight excluding hydrogens is 322 g/mol. The van der Waals surface area contributed by atoms with Gasteiger partial charge in [0.05, 0.1) is 11.8 Å². The summed E-state index contributed by atoms with van der Waals surface area (Å²) in [6.45, 7) is 0. The van der Waals surface area contributed by atoms with Crippen molar-refractivity contribution in [2.45, 2.75) is 31.1 Å². The van der Waals surface area contributed by atoms with E-state index in [-0.39, 0.29) is 17.7 Å². The molecule has 1 atom stereocenters. The molecule has 2 aromatic rings. The van der Waals surface area contributed by atoms with Crippen LogP contribution in [0.2, 0.25) is 0 Å². The van der Waals surface area contributed by atoms with Crippen LogP contribution < -0.4 is 5.32 Å². The van der Waals surface area contributed by atoms with E-state index in [1.54, 1.807) is 24.3 Å². The number of sulfone groups is 1. The Morgan fingerprint density at radius 2 is 1.96 bits per heavy atom. The van der Waals surface area contributed by atoms with Crippen molar-refractivity contribution in [2.24, 2.45) is 0 Å². The highest BCUT2D eigenvalue weighted by Gasteiger charge is 2.22. The molecule has 4 nitrogen and oxygen atoms in total. The molecule has 0 radical (unpaired) electrons. The van der Waals surface area contributed by atoms with Gasteiger partial charge in [0.2, 0.25) is 0 Å². The lowest BCUT2D eigenvalue weighted by atomic mass is 9.87. The average Bonchev–Trinajstić information content (AvgIpc) is 2.54. The van der Waals surface area contributed by atoms with Gasteiger partial charge >= 0.3 is 0 Å². The minimum atomic E-state index is -3.12. The monoisotopic (exact) mass is 343 g/mol. The molecule has 0 aromatic heterocycles. The number of carbonyl (C=O) groups is 1. The number of fused-ring (bicyclic) bond motifs is 1. The van der Waals surface area contributed by atoms with Crippen LogP contribution in [-0.4, -0.2) is 20.6 Å². The van der Waals surface area contributed by atoms with Gasteiger partial charge in [-0.15, -0.1) is 0 Å². The predicted octanol–water partition coefficient (Wildman–Crippen LogP) is 3.04. The van der Waals surface area contributed by atoms with Crippen LogP contribution >= 0.6 is 0 Å². The Hall–Kier alpha value is -2.14. The number of carbonyl (C=O) groups excluding carboxylic acids is 1. The van der Waals surface area contributed by atoms with E-state index in [4.69, 9.17) is 0 Å². The Morgan fingerprint density at radius 3 is 2.75 bits per heavy atom. The molecule has 24 heavy (non-hydrogen) atoms. The number of hydrogen-bond donors (Lipinski definition) is 1. The maximum Gasteiger partial charge on any atom is 0.251 e. The van der Waals surface area contributed by atoms with Crippen LogP contribution in [-0.2, 0) is 22.0 Å². The number of hydrogen-bond acceptors (Lipinski definition) is 3. The van der Waals surface area contributed by atoms with Gasteiger partial charge in [-0.25, -0.2) is 8.42 Å². The Labute approximate surface area is 142 Å². The number of aryl methyl sites for hydroxylation is 1. The lowest BCUT2D eigenvalue weighted by molar-refractivity contribution is 0.0932. The van der Waals surface area contributed by atoms with E-state index < -0.39 is 9.84 Å². The molecule has 126 valence electrons. The van der Waals surface area contributed by atoms with Crippen molar-refractivity contribution in [3.8, 4) is 0 Å². The summed E-state index contributed by atoms with van der Waals surface area (Å²) < 4.78 is 22.9. The number of amides is 1. The minimum Gasteiger partial charge on any atom is -0.345 e. The summed E-state index contributed by atoms with van der Waals surface area (Å²) in [6, 6.07) is 15.0. The topological polar surface area (TPSA) is 63.2 Å². The zero-order chi connectivity index (χ0) is 17.2. The summed E-state index contributed by atoms with van der Waals surface area (Å²) in [5.41, 5.74) is 3.61. The molecule has 0 bridgehead atoms. The van der Waals surface area contributed by atoms with Crippen LogP contribution in [0.25, 0.3) is 0 Å². The number of benzene rings is 2. The minimum absolute atomic E-state index is 0.0148. The number of rotatable bonds is 4. The first-order chi connectivity index (χ1) is 11.4. The fraction of sp³-hybridized carbons (Fsp3) is 0.316. The standard InChI is InChI=1S/C19H21NO3S/c1-24(22,23)13-14-6-4-9-16(12-14)19(21)20-18-11-5-8-15-7-2-3-10-17(15)18/h2-4,6-7,9-10,12,18H,5,8,11,13H2,1H3,(H,20,21)/t18-/m0/s1. The molecule has 0 saturated heterocycles. The lowest BCUT2D eigenvalue weighted by Crippen LogP contribution is -2.31. The van der Waals surface area contributed by atoms with Crippen LogP contribution in [0.15, 0.2) is 48.5 Å². The molecule has 1 amide bonds. The van der Waals surface area contributed by atoms with Gasteiger partial charge in [0, 0.05) is 11.8 Å². The molecule has 3 rings (SSSR count). The van der Waals surface area contributed by atoms with Gasteiger partial charge < -0.3 is 5.32 Å². The second-order valence-electron chi connectivity index (χ2n) is 6.39. The largest absolute Gasteiger partial charge is 0.345 e. The van der Waals surface area contributed by atoms with E-state index in [0.717, 1.165) is 19.3 Å². The van der Waals surface area contributed by atoms with Gasteiger partial charge in [-0.1, -0.05) is 36.4 Å². The summed E-state index contributed by atoms with van der Waals surface area (Å²) in [7, 11) is -3.12. The van der Waals surface area contributed by atoms with Crippen molar-refractivity contribution in [3.63, 3.8) is 0 Å². The van der Waals surface area contributed by atoms with E-state index >= 15 is 0 Å². The van der Waals surface area contributed by atoms with Gasteiger partial charge in [-0.3, -0.25) is 4.79 Å². The van der Waals surface area contributed by atoms with Crippen LogP contribution in [0.5, 0.6) is 0 Å². The summed E-state index contributed by atoms with van der Waals surface area (Å²) in [5, 5.41) is 3.09. The fourth-order valence-corrected chi connectivity index (χ4v) is 4.04. The van der Waals surface area contributed by atoms with Crippen LogP contribution in [0.3, 0.4) is 0 Å². The van der Waals surface area contributed by atoms with Crippen LogP contribution in [0, 0.1) is 0 Å². The molecule has 0 saturated carbocycles. The van der Waals surface area contributed by atoms with Gasteiger partial charge in [0.25, 0.3) is 5.91 Å². The van der Waals surface area contributed by atoms with Crippen LogP contribution in [0.1, 0.15) is 45.9 Å². The Balaban J connectivity index is 1.78. The van der Waals surface area contributed by atoms with Crippen molar-refractivity contribution in [3.05, 3.63) is 70.8 Å². The maximum absolute atomic E-state index is 12.6. The van der Waals surface area contributed by atoms with Crippen molar-refractivity contribution < 1.29 is 13.2 Å². The van der Waals surface area contributed by atoms with Gasteiger partial charge in [0.1, 0.15) is 0 Å². The van der Waals surface area contributed by atoms with Gasteiger partial charge in [-0.2, -0.15) is 0 Å². The Morgan fingerprint density at radius 1 is 1.17 bits per heavy atom. The molecule has 0 spiro atoms. The summed E-state index contributed by atoms with van der Waals surface area (Å²) in [6.07, 6.45) is 4.22. The first kappa shape index (κ1) is 16.7.